The fraction of sp³-hybridized carbons (Fsp3) is 0.143. The molecule has 240 valence electrons. The van der Waals surface area contributed by atoms with E-state index in [2.05, 4.69) is 31.7 Å². The second-order valence-corrected chi connectivity index (χ2v) is 11.1. The number of hydrazone groups is 2. The van der Waals surface area contributed by atoms with Crippen molar-refractivity contribution in [2.75, 3.05) is 10.6 Å². The van der Waals surface area contributed by atoms with Crippen LogP contribution in [-0.2, 0) is 17.5 Å². The van der Waals surface area contributed by atoms with Gasteiger partial charge in [-0.15, -0.1) is 0 Å². The topological polar surface area (TPSA) is 72.8 Å². The zero-order valence-corrected chi connectivity index (χ0v) is 24.6. The smallest absolute Gasteiger partial charge is 0.356 e. The molecule has 0 amide bonds. The average Bonchev–Trinajstić information content (AvgIpc) is 3.07. The van der Waals surface area contributed by atoms with Crippen LogP contribution in [0.25, 0.3) is 0 Å². The van der Waals surface area contributed by atoms with Crippen LogP contribution >= 0.6 is 0 Å². The molecule has 0 radical (unpaired) electrons. The number of alkyl halides is 6. The van der Waals surface area contributed by atoms with Crippen LogP contribution < -0.4 is 21.5 Å². The fourth-order valence-electron chi connectivity index (χ4n) is 5.39. The van der Waals surface area contributed by atoms with Gasteiger partial charge in [0, 0.05) is 35.2 Å². The summed E-state index contributed by atoms with van der Waals surface area (Å²) in [5.74, 6) is 0. The Morgan fingerprint density at radius 1 is 0.489 bits per heavy atom. The molecule has 0 fully saturated rings. The standard InChI is InChI=1S/C35H28F6N6/c36-34(37,38)32(19-1-21-42-46-32)26-7-15-30(16-8-26)44-28-11-3-24(4-12-28)23-25-5-13-29(14-6-25)45-31-17-9-27(10-18-31)33(35(39,40)41)20-2-22-43-47-33/h1-22,44-47H,23H2. The second kappa shape index (κ2) is 12.3. The maximum Gasteiger partial charge on any atom is 0.420 e. The van der Waals surface area contributed by atoms with E-state index < -0.39 is 23.4 Å². The van der Waals surface area contributed by atoms with Gasteiger partial charge in [0.2, 0.25) is 0 Å². The quantitative estimate of drug-likeness (QED) is 0.145. The third kappa shape index (κ3) is 6.44. The third-order valence-electron chi connectivity index (χ3n) is 7.96. The summed E-state index contributed by atoms with van der Waals surface area (Å²) in [5.41, 5.74) is 4.64. The molecule has 2 atom stereocenters. The lowest BCUT2D eigenvalue weighted by atomic mass is 9.88. The molecular formula is C35H28F6N6. The summed E-state index contributed by atoms with van der Waals surface area (Å²) in [6.45, 7) is 0. The van der Waals surface area contributed by atoms with Gasteiger partial charge in [0.1, 0.15) is 0 Å². The number of halogens is 6. The van der Waals surface area contributed by atoms with Crippen molar-refractivity contribution in [1.82, 2.24) is 10.9 Å². The van der Waals surface area contributed by atoms with Crippen LogP contribution in [-0.4, -0.2) is 24.8 Å². The Kier molecular flexibility index (Phi) is 8.27. The fourth-order valence-corrected chi connectivity index (χ4v) is 5.39. The van der Waals surface area contributed by atoms with Gasteiger partial charge in [0.25, 0.3) is 0 Å². The summed E-state index contributed by atoms with van der Waals surface area (Å²) < 4.78 is 83.4. The van der Waals surface area contributed by atoms with E-state index >= 15 is 0 Å². The number of benzene rings is 4. The van der Waals surface area contributed by atoms with Gasteiger partial charge in [0.15, 0.2) is 11.1 Å². The number of rotatable bonds is 8. The number of nitrogens with zero attached hydrogens (tertiary/aromatic N) is 2. The Morgan fingerprint density at radius 3 is 1.09 bits per heavy atom. The molecule has 2 unspecified atom stereocenters. The molecule has 4 N–H and O–H groups in total. The molecule has 47 heavy (non-hydrogen) atoms. The van der Waals surface area contributed by atoms with Crippen LogP contribution in [0.3, 0.4) is 0 Å². The van der Waals surface area contributed by atoms with Crippen molar-refractivity contribution in [3.05, 3.63) is 144 Å². The van der Waals surface area contributed by atoms with Crippen LogP contribution in [0.5, 0.6) is 0 Å². The molecule has 0 aliphatic carbocycles. The summed E-state index contributed by atoms with van der Waals surface area (Å²) in [6, 6.07) is 27.5. The second-order valence-electron chi connectivity index (χ2n) is 11.1. The molecule has 0 saturated carbocycles. The zero-order valence-electron chi connectivity index (χ0n) is 24.6. The highest BCUT2D eigenvalue weighted by atomic mass is 19.4. The molecule has 0 saturated heterocycles. The van der Waals surface area contributed by atoms with Crippen LogP contribution in [0.2, 0.25) is 0 Å². The number of allylic oxidation sites excluding steroid dienone is 2. The summed E-state index contributed by atoms with van der Waals surface area (Å²) in [6.07, 6.45) is -1.33. The molecule has 0 spiro atoms. The maximum absolute atomic E-state index is 13.9. The van der Waals surface area contributed by atoms with Gasteiger partial charge in [-0.3, -0.25) is 10.9 Å². The van der Waals surface area contributed by atoms with Crippen molar-refractivity contribution < 1.29 is 26.3 Å². The van der Waals surface area contributed by atoms with Crippen LogP contribution in [0, 0.1) is 0 Å². The highest BCUT2D eigenvalue weighted by Gasteiger charge is 2.56. The summed E-state index contributed by atoms with van der Waals surface area (Å²) in [7, 11) is 0. The van der Waals surface area contributed by atoms with Gasteiger partial charge in [-0.2, -0.15) is 36.5 Å². The molecule has 12 heteroatoms. The monoisotopic (exact) mass is 646 g/mol. The van der Waals surface area contributed by atoms with Crippen molar-refractivity contribution in [3.8, 4) is 0 Å². The first kappa shape index (κ1) is 31.5. The average molecular weight is 647 g/mol. The van der Waals surface area contributed by atoms with E-state index in [1.165, 1.54) is 48.8 Å². The Balaban J connectivity index is 1.05. The van der Waals surface area contributed by atoms with Gasteiger partial charge in [-0.25, -0.2) is 0 Å². The lowest BCUT2D eigenvalue weighted by Gasteiger charge is -2.34. The van der Waals surface area contributed by atoms with E-state index in [4.69, 9.17) is 0 Å². The van der Waals surface area contributed by atoms with E-state index in [1.807, 2.05) is 48.5 Å². The minimum atomic E-state index is -4.58. The Labute approximate surface area is 266 Å². The van der Waals surface area contributed by atoms with Gasteiger partial charge < -0.3 is 10.6 Å². The van der Waals surface area contributed by atoms with Crippen molar-refractivity contribution in [2.24, 2.45) is 10.2 Å². The van der Waals surface area contributed by atoms with E-state index in [1.54, 1.807) is 24.3 Å². The lowest BCUT2D eigenvalue weighted by Crippen LogP contribution is -2.51. The minimum Gasteiger partial charge on any atom is -0.356 e. The van der Waals surface area contributed by atoms with Gasteiger partial charge >= 0.3 is 12.4 Å². The lowest BCUT2D eigenvalue weighted by molar-refractivity contribution is -0.186. The van der Waals surface area contributed by atoms with Crippen molar-refractivity contribution in [3.63, 3.8) is 0 Å². The first-order valence-corrected chi connectivity index (χ1v) is 14.5. The van der Waals surface area contributed by atoms with E-state index in [0.29, 0.717) is 17.8 Å². The molecule has 6 rings (SSSR count). The van der Waals surface area contributed by atoms with Gasteiger partial charge in [-0.05, 0) is 102 Å². The molecule has 2 aliphatic heterocycles. The van der Waals surface area contributed by atoms with Crippen LogP contribution in [0.4, 0.5) is 49.1 Å². The van der Waals surface area contributed by atoms with Crippen LogP contribution in [0.1, 0.15) is 22.3 Å². The Hall–Kier alpha value is -5.52. The summed E-state index contributed by atoms with van der Waals surface area (Å²) >= 11 is 0. The van der Waals surface area contributed by atoms with Gasteiger partial charge in [0.05, 0.1) is 0 Å². The minimum absolute atomic E-state index is 0.0254. The normalized spacial score (nSPS) is 20.4. The predicted octanol–water partition coefficient (Wildman–Crippen LogP) is 8.57. The molecule has 0 bridgehead atoms. The molecule has 2 aliphatic rings. The molecular weight excluding hydrogens is 618 g/mol. The number of hydrogen-bond donors (Lipinski definition) is 4. The van der Waals surface area contributed by atoms with Gasteiger partial charge in [-0.1, -0.05) is 48.5 Å². The van der Waals surface area contributed by atoms with Crippen molar-refractivity contribution in [2.45, 2.75) is 29.9 Å². The summed E-state index contributed by atoms with van der Waals surface area (Å²) in [4.78, 5) is 0. The molecule has 6 nitrogen and oxygen atoms in total. The number of hydrogen-bond acceptors (Lipinski definition) is 6. The zero-order chi connectivity index (χ0) is 33.1. The van der Waals surface area contributed by atoms with E-state index in [-0.39, 0.29) is 11.1 Å². The molecule has 4 aromatic carbocycles. The number of nitrogens with one attached hydrogen (secondary N) is 4. The van der Waals surface area contributed by atoms with Crippen LogP contribution in [0.15, 0.2) is 132 Å². The highest BCUT2D eigenvalue weighted by Crippen LogP contribution is 2.42. The van der Waals surface area contributed by atoms with E-state index in [9.17, 15) is 26.3 Å². The third-order valence-corrected chi connectivity index (χ3v) is 7.96. The van der Waals surface area contributed by atoms with Crippen molar-refractivity contribution in [1.29, 1.82) is 0 Å². The largest absolute Gasteiger partial charge is 0.420 e. The van der Waals surface area contributed by atoms with E-state index in [0.717, 1.165) is 34.7 Å². The Bertz CT molecular complexity index is 1670. The first-order chi connectivity index (χ1) is 22.5. The molecule has 4 aromatic rings. The SMILES string of the molecule is FC(F)(F)C1(c2ccc(Nc3ccc(Cc4ccc(Nc5ccc(C6(C(F)(F)F)C=CC=NN6)cc5)cc4)cc3)cc2)C=CC=NN1. The highest BCUT2D eigenvalue weighted by molar-refractivity contribution is 5.73. The van der Waals surface area contributed by atoms with Crippen molar-refractivity contribution >= 4 is 35.2 Å². The summed E-state index contributed by atoms with van der Waals surface area (Å²) in [5, 5.41) is 13.6. The molecule has 0 aromatic heterocycles. The molecule has 2 heterocycles. The Morgan fingerprint density at radius 2 is 0.809 bits per heavy atom. The number of anilines is 4. The first-order valence-electron chi connectivity index (χ1n) is 14.5. The predicted molar refractivity (Wildman–Crippen MR) is 172 cm³/mol. The maximum atomic E-state index is 13.9.